The van der Waals surface area contributed by atoms with Crippen molar-refractivity contribution < 1.29 is 8.42 Å². The molecule has 1 aromatic rings. The van der Waals surface area contributed by atoms with Crippen molar-refractivity contribution in [3.63, 3.8) is 0 Å². The molecule has 118 valence electrons. The van der Waals surface area contributed by atoms with Gasteiger partial charge in [0, 0.05) is 0 Å². The Morgan fingerprint density at radius 1 is 1.27 bits per heavy atom. The summed E-state index contributed by atoms with van der Waals surface area (Å²) in [6.45, 7) is 9.84. The van der Waals surface area contributed by atoms with Crippen molar-refractivity contribution in [3.8, 4) is 0 Å². The van der Waals surface area contributed by atoms with Crippen LogP contribution in [0.2, 0.25) is 0 Å². The number of hydrogen-bond acceptors (Lipinski definition) is 3. The number of hydrogen-bond donors (Lipinski definition) is 1. The highest BCUT2D eigenvalue weighted by Gasteiger charge is 2.20. The smallest absolute Gasteiger partial charge is 0.200 e. The van der Waals surface area contributed by atoms with Crippen LogP contribution in [-0.2, 0) is 10.0 Å². The first-order valence-electron chi connectivity index (χ1n) is 7.27. The van der Waals surface area contributed by atoms with Crippen molar-refractivity contribution in [1.82, 2.24) is 4.83 Å². The first kappa shape index (κ1) is 16.5. The molecule has 1 aliphatic rings. The summed E-state index contributed by atoms with van der Waals surface area (Å²) in [5, 5.41) is 4.14. The Balaban J connectivity index is 2.19. The molecular weight excluding hydrogens is 296 g/mol. The molecule has 1 N–H and O–H groups in total. The SMILES string of the molecule is C=C(C)C1CC=C(C)/C(=N\NS(=O)(=O)c2ccc(C)cc2)C1. The van der Waals surface area contributed by atoms with E-state index in [2.05, 4.69) is 22.6 Å². The van der Waals surface area contributed by atoms with Gasteiger partial charge in [0.2, 0.25) is 0 Å². The minimum Gasteiger partial charge on any atom is -0.200 e. The van der Waals surface area contributed by atoms with Gasteiger partial charge in [-0.05, 0) is 57.2 Å². The molecule has 0 aromatic heterocycles. The van der Waals surface area contributed by atoms with Crippen molar-refractivity contribution in [1.29, 1.82) is 0 Å². The Kier molecular flexibility index (Phi) is 4.86. The topological polar surface area (TPSA) is 58.5 Å². The van der Waals surface area contributed by atoms with E-state index in [0.29, 0.717) is 12.3 Å². The molecule has 1 aliphatic carbocycles. The van der Waals surface area contributed by atoms with Crippen molar-refractivity contribution in [3.05, 3.63) is 53.6 Å². The minimum absolute atomic E-state index is 0.219. The lowest BCUT2D eigenvalue weighted by molar-refractivity contribution is 0.583. The fourth-order valence-corrected chi connectivity index (χ4v) is 3.14. The predicted molar refractivity (Wildman–Crippen MR) is 90.2 cm³/mol. The summed E-state index contributed by atoms with van der Waals surface area (Å²) in [6.07, 6.45) is 3.74. The van der Waals surface area contributed by atoms with Crippen LogP contribution in [0.15, 0.2) is 58.1 Å². The molecule has 0 saturated carbocycles. The van der Waals surface area contributed by atoms with Crippen molar-refractivity contribution in [2.45, 2.75) is 38.5 Å². The number of aryl methyl sites for hydroxylation is 1. The first-order chi connectivity index (χ1) is 10.3. The van der Waals surface area contributed by atoms with E-state index in [1.165, 1.54) is 0 Å². The molecule has 0 fully saturated rings. The van der Waals surface area contributed by atoms with E-state index in [1.807, 2.05) is 20.8 Å². The van der Waals surface area contributed by atoms with Gasteiger partial charge in [0.25, 0.3) is 10.0 Å². The molecular formula is C17H22N2O2S. The van der Waals surface area contributed by atoms with Gasteiger partial charge in [-0.15, -0.1) is 0 Å². The molecule has 1 unspecified atom stereocenters. The second-order valence-corrected chi connectivity index (χ2v) is 7.50. The molecule has 22 heavy (non-hydrogen) atoms. The molecule has 1 aromatic carbocycles. The predicted octanol–water partition coefficient (Wildman–Crippen LogP) is 3.56. The van der Waals surface area contributed by atoms with Crippen LogP contribution in [-0.4, -0.2) is 14.1 Å². The normalized spacial score (nSPS) is 20.6. The third-order valence-electron chi connectivity index (χ3n) is 3.93. The maximum atomic E-state index is 12.3. The van der Waals surface area contributed by atoms with E-state index in [4.69, 9.17) is 0 Å². The zero-order valence-corrected chi connectivity index (χ0v) is 14.1. The highest BCUT2D eigenvalue weighted by molar-refractivity contribution is 7.89. The molecule has 0 aliphatic heterocycles. The third kappa shape index (κ3) is 3.85. The summed E-state index contributed by atoms with van der Waals surface area (Å²) in [6, 6.07) is 6.70. The quantitative estimate of drug-likeness (QED) is 0.681. The third-order valence-corrected chi connectivity index (χ3v) is 5.16. The molecule has 0 heterocycles. The van der Waals surface area contributed by atoms with Crippen LogP contribution >= 0.6 is 0 Å². The van der Waals surface area contributed by atoms with Gasteiger partial charge in [-0.2, -0.15) is 18.4 Å². The number of benzene rings is 1. The van der Waals surface area contributed by atoms with Crippen LogP contribution in [0.4, 0.5) is 0 Å². The number of nitrogens with zero attached hydrogens (tertiary/aromatic N) is 1. The van der Waals surface area contributed by atoms with E-state index in [0.717, 1.165) is 28.8 Å². The van der Waals surface area contributed by atoms with Crippen LogP contribution in [0.3, 0.4) is 0 Å². The van der Waals surface area contributed by atoms with Crippen LogP contribution in [0.5, 0.6) is 0 Å². The second kappa shape index (κ2) is 6.48. The Hall–Kier alpha value is -1.88. The Bertz CT molecular complexity index is 728. The second-order valence-electron chi connectivity index (χ2n) is 5.84. The van der Waals surface area contributed by atoms with E-state index in [1.54, 1.807) is 24.3 Å². The summed E-state index contributed by atoms with van der Waals surface area (Å²) in [5.74, 6) is 0.325. The molecule has 2 rings (SSSR count). The summed E-state index contributed by atoms with van der Waals surface area (Å²) in [7, 11) is -3.62. The van der Waals surface area contributed by atoms with Crippen LogP contribution < -0.4 is 4.83 Å². The summed E-state index contributed by atoms with van der Waals surface area (Å²) < 4.78 is 24.5. The summed E-state index contributed by atoms with van der Waals surface area (Å²) in [4.78, 5) is 2.56. The molecule has 0 amide bonds. The van der Waals surface area contributed by atoms with Crippen LogP contribution in [0.25, 0.3) is 0 Å². The Morgan fingerprint density at radius 3 is 2.50 bits per heavy atom. The number of sulfonamides is 1. The molecule has 0 bridgehead atoms. The number of hydrazone groups is 1. The average Bonchev–Trinajstić information content (AvgIpc) is 2.46. The fourth-order valence-electron chi connectivity index (χ4n) is 2.31. The van der Waals surface area contributed by atoms with E-state index >= 15 is 0 Å². The lowest BCUT2D eigenvalue weighted by atomic mass is 9.85. The van der Waals surface area contributed by atoms with Crippen LogP contribution in [0, 0.1) is 12.8 Å². The van der Waals surface area contributed by atoms with E-state index < -0.39 is 10.0 Å². The molecule has 4 nitrogen and oxygen atoms in total. The average molecular weight is 318 g/mol. The van der Waals surface area contributed by atoms with Gasteiger partial charge in [-0.3, -0.25) is 0 Å². The first-order valence-corrected chi connectivity index (χ1v) is 8.75. The van der Waals surface area contributed by atoms with E-state index in [9.17, 15) is 8.42 Å². The van der Waals surface area contributed by atoms with Gasteiger partial charge in [0.05, 0.1) is 10.6 Å². The molecule has 0 radical (unpaired) electrons. The lowest BCUT2D eigenvalue weighted by Crippen LogP contribution is -2.23. The van der Waals surface area contributed by atoms with Crippen molar-refractivity contribution in [2.24, 2.45) is 11.0 Å². The largest absolute Gasteiger partial charge is 0.276 e. The zero-order chi connectivity index (χ0) is 16.3. The van der Waals surface area contributed by atoms with Gasteiger partial charge < -0.3 is 0 Å². The van der Waals surface area contributed by atoms with Crippen LogP contribution in [0.1, 0.15) is 32.3 Å². The number of allylic oxidation sites excluding steroid dienone is 3. The Morgan fingerprint density at radius 2 is 1.91 bits per heavy atom. The maximum Gasteiger partial charge on any atom is 0.276 e. The summed E-state index contributed by atoms with van der Waals surface area (Å²) >= 11 is 0. The minimum atomic E-state index is -3.62. The zero-order valence-electron chi connectivity index (χ0n) is 13.3. The molecule has 5 heteroatoms. The summed E-state index contributed by atoms with van der Waals surface area (Å²) in [5.41, 5.74) is 3.90. The van der Waals surface area contributed by atoms with Crippen molar-refractivity contribution >= 4 is 15.7 Å². The fraction of sp³-hybridized carbons (Fsp3) is 0.353. The van der Waals surface area contributed by atoms with Gasteiger partial charge in [-0.25, -0.2) is 0 Å². The molecule has 1 atom stereocenters. The maximum absolute atomic E-state index is 12.3. The standard InChI is InChI=1S/C17H22N2O2S/c1-12(2)15-8-7-14(4)17(11-15)18-19-22(20,21)16-9-5-13(3)6-10-16/h5-7,9-10,15,19H,1,8,11H2,2-4H3/b18-17-. The number of nitrogens with one attached hydrogen (secondary N) is 1. The van der Waals surface area contributed by atoms with Crippen molar-refractivity contribution in [2.75, 3.05) is 0 Å². The molecule has 0 saturated heterocycles. The van der Waals surface area contributed by atoms with Gasteiger partial charge in [0.15, 0.2) is 0 Å². The van der Waals surface area contributed by atoms with Gasteiger partial charge in [0.1, 0.15) is 0 Å². The van der Waals surface area contributed by atoms with E-state index in [-0.39, 0.29) is 4.90 Å². The number of rotatable bonds is 4. The highest BCUT2D eigenvalue weighted by atomic mass is 32.2. The van der Waals surface area contributed by atoms with Gasteiger partial charge in [-0.1, -0.05) is 35.9 Å². The molecule has 0 spiro atoms. The monoisotopic (exact) mass is 318 g/mol. The highest BCUT2D eigenvalue weighted by Crippen LogP contribution is 2.26. The Labute approximate surface area is 132 Å². The van der Waals surface area contributed by atoms with Gasteiger partial charge >= 0.3 is 0 Å². The lowest BCUT2D eigenvalue weighted by Gasteiger charge is -2.22.